The lowest BCUT2D eigenvalue weighted by molar-refractivity contribution is 0.0746. The second-order valence-corrected chi connectivity index (χ2v) is 7.51. The molecule has 2 fully saturated rings. The third kappa shape index (κ3) is 4.24. The van der Waals surface area contributed by atoms with Gasteiger partial charge < -0.3 is 15.1 Å². The Morgan fingerprint density at radius 3 is 2.36 bits per heavy atom. The number of piperazine rings is 1. The number of nitrogens with one attached hydrogen (secondary N) is 1. The molecule has 1 N–H and O–H groups in total. The van der Waals surface area contributed by atoms with Crippen LogP contribution in [0.1, 0.15) is 42.5 Å². The summed E-state index contributed by atoms with van der Waals surface area (Å²) in [5, 5.41) is 3.37. The lowest BCUT2D eigenvalue weighted by atomic mass is 9.96. The van der Waals surface area contributed by atoms with Crippen LogP contribution in [-0.4, -0.2) is 53.0 Å². The molecule has 0 radical (unpaired) electrons. The van der Waals surface area contributed by atoms with Crippen molar-refractivity contribution in [1.29, 1.82) is 0 Å². The molecule has 1 aliphatic heterocycles. The van der Waals surface area contributed by atoms with Crippen molar-refractivity contribution in [2.45, 2.75) is 38.1 Å². The van der Waals surface area contributed by atoms with E-state index < -0.39 is 0 Å². The van der Waals surface area contributed by atoms with Crippen molar-refractivity contribution in [3.05, 3.63) is 48.0 Å². The lowest BCUT2D eigenvalue weighted by Gasteiger charge is -2.36. The fourth-order valence-electron chi connectivity index (χ4n) is 3.98. The molecule has 2 aromatic rings. The van der Waals surface area contributed by atoms with Gasteiger partial charge in [-0.2, -0.15) is 0 Å². The summed E-state index contributed by atoms with van der Waals surface area (Å²) in [5.74, 6) is 0.293. The van der Waals surface area contributed by atoms with Gasteiger partial charge in [-0.3, -0.25) is 4.79 Å². The predicted octanol–water partition coefficient (Wildman–Crippen LogP) is 3.32. The fraction of sp³-hybridized carbons (Fsp3) is 0.476. The van der Waals surface area contributed by atoms with Gasteiger partial charge in [0.15, 0.2) is 0 Å². The average molecular weight is 383 g/mol. The maximum Gasteiger partial charge on any atom is 0.257 e. The number of hydrogen-bond donors (Lipinski definition) is 1. The minimum atomic E-state index is -0.225. The molecule has 0 atom stereocenters. The molecule has 4 rings (SSSR count). The minimum absolute atomic E-state index is 0.0719. The first-order valence-corrected chi connectivity index (χ1v) is 10.1. The predicted molar refractivity (Wildman–Crippen MR) is 107 cm³/mol. The summed E-state index contributed by atoms with van der Waals surface area (Å²) >= 11 is 0. The summed E-state index contributed by atoms with van der Waals surface area (Å²) in [7, 11) is 0. The Morgan fingerprint density at radius 1 is 1.00 bits per heavy atom. The summed E-state index contributed by atoms with van der Waals surface area (Å²) in [6.45, 7) is 2.31. The molecule has 2 heterocycles. The van der Waals surface area contributed by atoms with E-state index >= 15 is 0 Å². The summed E-state index contributed by atoms with van der Waals surface area (Å²) in [5.41, 5.74) is 1.09. The molecular formula is C21H26FN5O. The van der Waals surface area contributed by atoms with Crippen LogP contribution < -0.4 is 10.2 Å². The van der Waals surface area contributed by atoms with Crippen LogP contribution in [0.2, 0.25) is 0 Å². The van der Waals surface area contributed by atoms with Gasteiger partial charge >= 0.3 is 0 Å². The molecular weight excluding hydrogens is 357 g/mol. The average Bonchev–Trinajstić information content (AvgIpc) is 2.75. The van der Waals surface area contributed by atoms with Crippen molar-refractivity contribution in [1.82, 2.24) is 14.9 Å². The maximum atomic E-state index is 14.0. The second-order valence-electron chi connectivity index (χ2n) is 7.51. The SMILES string of the molecule is O=C(c1cnc(NC2CCCCC2)nc1)N1CCN(c2ccccc2F)CC1. The van der Waals surface area contributed by atoms with E-state index in [-0.39, 0.29) is 11.7 Å². The Kier molecular flexibility index (Phi) is 5.69. The minimum Gasteiger partial charge on any atom is -0.366 e. The number of benzene rings is 1. The van der Waals surface area contributed by atoms with Gasteiger partial charge in [-0.25, -0.2) is 14.4 Å². The van der Waals surface area contributed by atoms with E-state index in [1.54, 1.807) is 29.4 Å². The number of halogens is 1. The maximum absolute atomic E-state index is 14.0. The quantitative estimate of drug-likeness (QED) is 0.878. The smallest absolute Gasteiger partial charge is 0.257 e. The van der Waals surface area contributed by atoms with Gasteiger partial charge in [0.2, 0.25) is 5.95 Å². The molecule has 0 bridgehead atoms. The highest BCUT2D eigenvalue weighted by molar-refractivity contribution is 5.93. The van der Waals surface area contributed by atoms with Gasteiger partial charge in [0.1, 0.15) is 5.82 Å². The number of hydrogen-bond acceptors (Lipinski definition) is 5. The Labute approximate surface area is 164 Å². The Morgan fingerprint density at radius 2 is 1.68 bits per heavy atom. The summed E-state index contributed by atoms with van der Waals surface area (Å²) in [4.78, 5) is 25.2. The van der Waals surface area contributed by atoms with E-state index in [0.29, 0.717) is 49.4 Å². The summed E-state index contributed by atoms with van der Waals surface area (Å²) in [6, 6.07) is 7.19. The van der Waals surface area contributed by atoms with Crippen LogP contribution in [0.15, 0.2) is 36.7 Å². The fourth-order valence-corrected chi connectivity index (χ4v) is 3.98. The number of nitrogens with zero attached hydrogens (tertiary/aromatic N) is 4. The Hall–Kier alpha value is -2.70. The number of para-hydroxylation sites is 1. The molecule has 7 heteroatoms. The number of amides is 1. The number of rotatable bonds is 4. The van der Waals surface area contributed by atoms with E-state index in [9.17, 15) is 9.18 Å². The van der Waals surface area contributed by atoms with Crippen molar-refractivity contribution in [2.75, 3.05) is 36.4 Å². The first-order chi connectivity index (χ1) is 13.7. The first kappa shape index (κ1) is 18.7. The van der Waals surface area contributed by atoms with E-state index in [1.807, 2.05) is 11.0 Å². The zero-order valence-electron chi connectivity index (χ0n) is 16.0. The molecule has 28 heavy (non-hydrogen) atoms. The van der Waals surface area contributed by atoms with Crippen LogP contribution in [-0.2, 0) is 0 Å². The zero-order valence-corrected chi connectivity index (χ0v) is 16.0. The lowest BCUT2D eigenvalue weighted by Crippen LogP contribution is -2.49. The van der Waals surface area contributed by atoms with Crippen molar-refractivity contribution < 1.29 is 9.18 Å². The zero-order chi connectivity index (χ0) is 19.3. The van der Waals surface area contributed by atoms with Gasteiger partial charge in [-0.1, -0.05) is 31.4 Å². The first-order valence-electron chi connectivity index (χ1n) is 10.1. The van der Waals surface area contributed by atoms with Crippen LogP contribution in [0.25, 0.3) is 0 Å². The largest absolute Gasteiger partial charge is 0.366 e. The van der Waals surface area contributed by atoms with Gasteiger partial charge in [-0.15, -0.1) is 0 Å². The van der Waals surface area contributed by atoms with Crippen LogP contribution in [0.5, 0.6) is 0 Å². The van der Waals surface area contributed by atoms with Crippen LogP contribution in [0.3, 0.4) is 0 Å². The number of anilines is 2. The number of aromatic nitrogens is 2. The standard InChI is InChI=1S/C21H26FN5O/c22-18-8-4-5-9-19(18)26-10-12-27(13-11-26)20(28)16-14-23-21(24-15-16)25-17-6-2-1-3-7-17/h4-5,8-9,14-15,17H,1-3,6-7,10-13H2,(H,23,24,25). The highest BCUT2D eigenvalue weighted by atomic mass is 19.1. The second kappa shape index (κ2) is 8.54. The summed E-state index contributed by atoms with van der Waals surface area (Å²) < 4.78 is 14.0. The molecule has 1 aromatic heterocycles. The molecule has 6 nitrogen and oxygen atoms in total. The van der Waals surface area contributed by atoms with Gasteiger partial charge in [0, 0.05) is 44.6 Å². The van der Waals surface area contributed by atoms with Crippen molar-refractivity contribution in [3.8, 4) is 0 Å². The molecule has 1 saturated carbocycles. The molecule has 1 amide bonds. The third-order valence-electron chi connectivity index (χ3n) is 5.60. The van der Waals surface area contributed by atoms with Gasteiger partial charge in [-0.05, 0) is 25.0 Å². The monoisotopic (exact) mass is 383 g/mol. The van der Waals surface area contributed by atoms with Crippen molar-refractivity contribution in [2.24, 2.45) is 0 Å². The van der Waals surface area contributed by atoms with E-state index in [0.717, 1.165) is 12.8 Å². The van der Waals surface area contributed by atoms with Gasteiger partial charge in [0.05, 0.1) is 11.3 Å². The molecule has 1 saturated heterocycles. The Balaban J connectivity index is 1.33. The molecule has 1 aliphatic carbocycles. The molecule has 0 spiro atoms. The summed E-state index contributed by atoms with van der Waals surface area (Å²) in [6.07, 6.45) is 9.29. The van der Waals surface area contributed by atoms with E-state index in [1.165, 1.54) is 25.3 Å². The number of carbonyl (C=O) groups excluding carboxylic acids is 1. The van der Waals surface area contributed by atoms with E-state index in [4.69, 9.17) is 0 Å². The van der Waals surface area contributed by atoms with E-state index in [2.05, 4.69) is 15.3 Å². The topological polar surface area (TPSA) is 61.4 Å². The molecule has 1 aromatic carbocycles. The van der Waals surface area contributed by atoms with Gasteiger partial charge in [0.25, 0.3) is 5.91 Å². The highest BCUT2D eigenvalue weighted by Gasteiger charge is 2.24. The van der Waals surface area contributed by atoms with Crippen molar-refractivity contribution >= 4 is 17.5 Å². The Bertz CT molecular complexity index is 799. The van der Waals surface area contributed by atoms with Crippen LogP contribution >= 0.6 is 0 Å². The molecule has 2 aliphatic rings. The third-order valence-corrected chi connectivity index (χ3v) is 5.60. The van der Waals surface area contributed by atoms with Crippen molar-refractivity contribution in [3.63, 3.8) is 0 Å². The molecule has 0 unspecified atom stereocenters. The van der Waals surface area contributed by atoms with Crippen LogP contribution in [0.4, 0.5) is 16.0 Å². The number of carbonyl (C=O) groups is 1. The molecule has 148 valence electrons. The highest BCUT2D eigenvalue weighted by Crippen LogP contribution is 2.22. The van der Waals surface area contributed by atoms with Crippen LogP contribution in [0, 0.1) is 5.82 Å². The normalized spacial score (nSPS) is 18.2.